The summed E-state index contributed by atoms with van der Waals surface area (Å²) in [5.41, 5.74) is -0.413. The van der Waals surface area contributed by atoms with E-state index in [1.807, 2.05) is 44.4 Å². The van der Waals surface area contributed by atoms with Crippen LogP contribution in [0.4, 0.5) is 9.59 Å². The molecule has 6 nitrogen and oxygen atoms in total. The van der Waals surface area contributed by atoms with Crippen LogP contribution >= 0.6 is 0 Å². The molecule has 0 spiro atoms. The Hall–Kier alpha value is -1.46. The average molecular weight is 297 g/mol. The number of nitrogens with zero attached hydrogens (tertiary/aromatic N) is 3. The van der Waals surface area contributed by atoms with E-state index in [0.29, 0.717) is 13.1 Å². The highest BCUT2D eigenvalue weighted by atomic mass is 16.6. The number of hydrogen-bond donors (Lipinski definition) is 0. The lowest BCUT2D eigenvalue weighted by Gasteiger charge is -2.26. The number of urea groups is 1. The predicted molar refractivity (Wildman–Crippen MR) is 80.2 cm³/mol. The van der Waals surface area contributed by atoms with Crippen LogP contribution in [0.5, 0.6) is 0 Å². The van der Waals surface area contributed by atoms with Crippen molar-refractivity contribution >= 4 is 12.1 Å². The molecular formula is C15H27N3O3. The van der Waals surface area contributed by atoms with Crippen LogP contribution in [0.1, 0.15) is 41.0 Å². The molecule has 1 atom stereocenters. The van der Waals surface area contributed by atoms with Crippen molar-refractivity contribution in [3.8, 4) is 0 Å². The molecule has 120 valence electrons. The molecule has 2 fully saturated rings. The molecule has 2 aliphatic rings. The lowest BCUT2D eigenvalue weighted by Crippen LogP contribution is -2.40. The number of rotatable bonds is 5. The summed E-state index contributed by atoms with van der Waals surface area (Å²) in [6, 6.07) is 0.441. The maximum atomic E-state index is 12.2. The Balaban J connectivity index is 1.84. The molecule has 0 N–H and O–H groups in total. The first kappa shape index (κ1) is 15.9. The lowest BCUT2D eigenvalue weighted by molar-refractivity contribution is 0.0854. The zero-order valence-corrected chi connectivity index (χ0v) is 13.8. The standard InChI is InChI=1S/C15H27N3O3/c1-11(2)17-9-8-16(13(17)19)7-6-12(3)18-10-15(4,5)21-14(18)20/h11-12H,6-10H2,1-5H3. The summed E-state index contributed by atoms with van der Waals surface area (Å²) in [4.78, 5) is 29.6. The Kier molecular flexibility index (Phi) is 4.35. The maximum Gasteiger partial charge on any atom is 0.410 e. The SMILES string of the molecule is CC(C)N1CCN(CCC(C)N2CC(C)(C)OC2=O)C1=O. The molecule has 2 saturated heterocycles. The zero-order valence-electron chi connectivity index (χ0n) is 13.8. The molecule has 0 radical (unpaired) electrons. The molecule has 0 saturated carbocycles. The van der Waals surface area contributed by atoms with Crippen LogP contribution < -0.4 is 0 Å². The highest BCUT2D eigenvalue weighted by Gasteiger charge is 2.40. The molecular weight excluding hydrogens is 270 g/mol. The fourth-order valence-corrected chi connectivity index (χ4v) is 2.92. The number of amides is 3. The molecule has 1 unspecified atom stereocenters. The number of cyclic esters (lactones) is 1. The van der Waals surface area contributed by atoms with Crippen molar-refractivity contribution in [1.29, 1.82) is 0 Å². The second-order valence-electron chi connectivity index (χ2n) is 6.95. The predicted octanol–water partition coefficient (Wildman–Crippen LogP) is 2.14. The fourth-order valence-electron chi connectivity index (χ4n) is 2.92. The zero-order chi connectivity index (χ0) is 15.8. The van der Waals surface area contributed by atoms with E-state index in [1.165, 1.54) is 0 Å². The summed E-state index contributed by atoms with van der Waals surface area (Å²) in [7, 11) is 0. The first-order valence-electron chi connectivity index (χ1n) is 7.76. The first-order valence-corrected chi connectivity index (χ1v) is 7.76. The summed E-state index contributed by atoms with van der Waals surface area (Å²) in [5.74, 6) is 0. The molecule has 0 aromatic rings. The number of ether oxygens (including phenoxy) is 1. The summed E-state index contributed by atoms with van der Waals surface area (Å²) in [6.45, 7) is 12.8. The highest BCUT2D eigenvalue weighted by molar-refractivity contribution is 5.76. The van der Waals surface area contributed by atoms with Crippen LogP contribution in [-0.2, 0) is 4.74 Å². The smallest absolute Gasteiger partial charge is 0.410 e. The third-order valence-corrected chi connectivity index (χ3v) is 4.25. The molecule has 0 aliphatic carbocycles. The van der Waals surface area contributed by atoms with E-state index in [0.717, 1.165) is 19.5 Å². The van der Waals surface area contributed by atoms with Gasteiger partial charge in [-0.2, -0.15) is 0 Å². The van der Waals surface area contributed by atoms with Gasteiger partial charge in [0.2, 0.25) is 0 Å². The van der Waals surface area contributed by atoms with Gasteiger partial charge in [-0.05, 0) is 41.0 Å². The van der Waals surface area contributed by atoms with Crippen molar-refractivity contribution in [3.05, 3.63) is 0 Å². The Morgan fingerprint density at radius 3 is 2.29 bits per heavy atom. The van der Waals surface area contributed by atoms with Gasteiger partial charge < -0.3 is 19.4 Å². The van der Waals surface area contributed by atoms with E-state index in [4.69, 9.17) is 4.74 Å². The fraction of sp³-hybridized carbons (Fsp3) is 0.867. The van der Waals surface area contributed by atoms with Crippen LogP contribution in [0.25, 0.3) is 0 Å². The van der Waals surface area contributed by atoms with Gasteiger partial charge in [-0.3, -0.25) is 0 Å². The second kappa shape index (κ2) is 5.73. The third kappa shape index (κ3) is 3.41. The molecule has 2 aliphatic heterocycles. The third-order valence-electron chi connectivity index (χ3n) is 4.25. The number of hydrogen-bond acceptors (Lipinski definition) is 3. The summed E-state index contributed by atoms with van der Waals surface area (Å²) in [6.07, 6.45) is 0.534. The Morgan fingerprint density at radius 2 is 1.81 bits per heavy atom. The average Bonchev–Trinajstić information content (AvgIpc) is 2.86. The van der Waals surface area contributed by atoms with Crippen molar-refractivity contribution in [2.45, 2.75) is 58.7 Å². The van der Waals surface area contributed by atoms with Crippen LogP contribution in [-0.4, -0.2) is 70.7 Å². The van der Waals surface area contributed by atoms with E-state index in [2.05, 4.69) is 0 Å². The van der Waals surface area contributed by atoms with Gasteiger partial charge in [0.1, 0.15) is 5.60 Å². The maximum absolute atomic E-state index is 12.2. The van der Waals surface area contributed by atoms with Crippen LogP contribution in [0.3, 0.4) is 0 Å². The van der Waals surface area contributed by atoms with Crippen molar-refractivity contribution < 1.29 is 14.3 Å². The molecule has 6 heteroatoms. The van der Waals surface area contributed by atoms with Gasteiger partial charge in [0, 0.05) is 31.7 Å². The minimum atomic E-state index is -0.413. The summed E-state index contributed by atoms with van der Waals surface area (Å²) < 4.78 is 5.32. The van der Waals surface area contributed by atoms with Gasteiger partial charge in [0.15, 0.2) is 0 Å². The van der Waals surface area contributed by atoms with Crippen molar-refractivity contribution in [2.75, 3.05) is 26.2 Å². The Labute approximate surface area is 127 Å². The molecule has 2 rings (SSSR count). The van der Waals surface area contributed by atoms with Gasteiger partial charge in [-0.1, -0.05) is 0 Å². The Bertz CT molecular complexity index is 422. The van der Waals surface area contributed by atoms with Crippen molar-refractivity contribution in [2.24, 2.45) is 0 Å². The van der Waals surface area contributed by atoms with Crippen LogP contribution in [0, 0.1) is 0 Å². The quantitative estimate of drug-likeness (QED) is 0.781. The summed E-state index contributed by atoms with van der Waals surface area (Å²) >= 11 is 0. The summed E-state index contributed by atoms with van der Waals surface area (Å²) in [5, 5.41) is 0. The van der Waals surface area contributed by atoms with Gasteiger partial charge in [0.25, 0.3) is 0 Å². The van der Waals surface area contributed by atoms with Crippen molar-refractivity contribution in [1.82, 2.24) is 14.7 Å². The first-order chi connectivity index (χ1) is 9.71. The molecule has 3 amide bonds. The topological polar surface area (TPSA) is 53.1 Å². The van der Waals surface area contributed by atoms with Crippen molar-refractivity contribution in [3.63, 3.8) is 0 Å². The number of carbonyl (C=O) groups excluding carboxylic acids is 2. The van der Waals surface area contributed by atoms with Gasteiger partial charge >= 0.3 is 12.1 Å². The second-order valence-corrected chi connectivity index (χ2v) is 6.95. The van der Waals surface area contributed by atoms with E-state index in [-0.39, 0.29) is 24.2 Å². The molecule has 0 aromatic heterocycles. The van der Waals surface area contributed by atoms with E-state index in [9.17, 15) is 9.59 Å². The minimum Gasteiger partial charge on any atom is -0.441 e. The molecule has 0 aromatic carbocycles. The van der Waals surface area contributed by atoms with Crippen LogP contribution in [0.15, 0.2) is 0 Å². The van der Waals surface area contributed by atoms with E-state index < -0.39 is 5.60 Å². The van der Waals surface area contributed by atoms with Gasteiger partial charge in [-0.25, -0.2) is 9.59 Å². The molecule has 2 heterocycles. The Morgan fingerprint density at radius 1 is 1.14 bits per heavy atom. The monoisotopic (exact) mass is 297 g/mol. The van der Waals surface area contributed by atoms with E-state index >= 15 is 0 Å². The van der Waals surface area contributed by atoms with Gasteiger partial charge in [0.05, 0.1) is 6.54 Å². The largest absolute Gasteiger partial charge is 0.441 e. The minimum absolute atomic E-state index is 0.0835. The van der Waals surface area contributed by atoms with E-state index in [1.54, 1.807) is 4.90 Å². The normalized spacial score (nSPS) is 23.2. The molecule has 21 heavy (non-hydrogen) atoms. The number of carbonyl (C=O) groups is 2. The highest BCUT2D eigenvalue weighted by Crippen LogP contribution is 2.25. The molecule has 0 bridgehead atoms. The van der Waals surface area contributed by atoms with Crippen LogP contribution in [0.2, 0.25) is 0 Å². The lowest BCUT2D eigenvalue weighted by atomic mass is 10.1. The van der Waals surface area contributed by atoms with Gasteiger partial charge in [-0.15, -0.1) is 0 Å².